The minimum absolute atomic E-state index is 0.118. The molecule has 2 rings (SSSR count). The van der Waals surface area contributed by atoms with Crippen molar-refractivity contribution in [1.82, 2.24) is 4.72 Å². The lowest BCUT2D eigenvalue weighted by atomic mass is 10.2. The number of rotatable bonds is 4. The number of aryl methyl sites for hydroxylation is 1. The highest BCUT2D eigenvalue weighted by Crippen LogP contribution is 2.45. The van der Waals surface area contributed by atoms with Crippen LogP contribution in [0.2, 0.25) is 0 Å². The maximum atomic E-state index is 13.4. The van der Waals surface area contributed by atoms with E-state index in [9.17, 15) is 22.9 Å². The Kier molecular flexibility index (Phi) is 3.34. The Hall–Kier alpha value is -1.54. The average Bonchev–Trinajstić information content (AvgIpc) is 2.83. The van der Waals surface area contributed by atoms with E-state index in [1.807, 2.05) is 13.8 Å². The Balaban J connectivity index is 2.41. The summed E-state index contributed by atoms with van der Waals surface area (Å²) in [5.41, 5.74) is -0.822. The van der Waals surface area contributed by atoms with Crippen molar-refractivity contribution in [1.29, 1.82) is 0 Å². The summed E-state index contributed by atoms with van der Waals surface area (Å²) < 4.78 is 40.3. The van der Waals surface area contributed by atoms with Gasteiger partial charge in [-0.15, -0.1) is 0 Å². The van der Waals surface area contributed by atoms with Gasteiger partial charge in [-0.25, -0.2) is 13.1 Å². The Bertz CT molecular complexity index is 685. The monoisotopic (exact) mass is 302 g/mol. The highest BCUT2D eigenvalue weighted by atomic mass is 32.2. The van der Waals surface area contributed by atoms with Crippen LogP contribution in [0.4, 0.5) is 10.1 Å². The molecule has 1 fully saturated rings. The van der Waals surface area contributed by atoms with Crippen LogP contribution in [0.3, 0.4) is 0 Å². The van der Waals surface area contributed by atoms with E-state index < -0.39 is 26.5 Å². The van der Waals surface area contributed by atoms with Crippen molar-refractivity contribution >= 4 is 15.7 Å². The first-order valence-corrected chi connectivity index (χ1v) is 7.50. The maximum Gasteiger partial charge on any atom is 0.306 e. The smallest absolute Gasteiger partial charge is 0.258 e. The quantitative estimate of drug-likeness (QED) is 0.681. The minimum Gasteiger partial charge on any atom is -0.258 e. The van der Waals surface area contributed by atoms with E-state index in [1.165, 1.54) is 6.92 Å². The van der Waals surface area contributed by atoms with Gasteiger partial charge in [-0.1, -0.05) is 13.8 Å². The molecule has 0 bridgehead atoms. The van der Waals surface area contributed by atoms with Crippen molar-refractivity contribution in [2.75, 3.05) is 0 Å². The summed E-state index contributed by atoms with van der Waals surface area (Å²) >= 11 is 0. The fraction of sp³-hybridized carbons (Fsp3) is 0.500. The van der Waals surface area contributed by atoms with Crippen LogP contribution in [0.15, 0.2) is 17.0 Å². The van der Waals surface area contributed by atoms with Crippen LogP contribution in [-0.2, 0) is 10.0 Å². The van der Waals surface area contributed by atoms with E-state index in [0.717, 1.165) is 12.1 Å². The third-order valence-corrected chi connectivity index (χ3v) is 5.16. The van der Waals surface area contributed by atoms with E-state index in [-0.39, 0.29) is 21.9 Å². The second kappa shape index (κ2) is 4.49. The summed E-state index contributed by atoms with van der Waals surface area (Å²) in [6.45, 7) is 5.24. The lowest BCUT2D eigenvalue weighted by Gasteiger charge is -2.10. The molecular weight excluding hydrogens is 287 g/mol. The molecule has 0 aliphatic heterocycles. The Morgan fingerprint density at radius 3 is 2.45 bits per heavy atom. The largest absolute Gasteiger partial charge is 0.306 e. The Morgan fingerprint density at radius 2 is 2.00 bits per heavy atom. The molecule has 0 aromatic heterocycles. The summed E-state index contributed by atoms with van der Waals surface area (Å²) in [5, 5.41) is 10.7. The first-order chi connectivity index (χ1) is 9.04. The third-order valence-electron chi connectivity index (χ3n) is 3.54. The number of hydrogen-bond donors (Lipinski definition) is 1. The summed E-state index contributed by atoms with van der Waals surface area (Å²) in [6, 6.07) is 1.43. The molecule has 1 N–H and O–H groups in total. The Labute approximate surface area is 116 Å². The molecule has 0 spiro atoms. The minimum atomic E-state index is -3.89. The van der Waals surface area contributed by atoms with Gasteiger partial charge in [-0.05, 0) is 30.4 Å². The molecule has 1 atom stereocenters. The number of nitro groups is 1. The number of sulfonamides is 1. The lowest BCUT2D eigenvalue weighted by molar-refractivity contribution is -0.387. The predicted octanol–water partition coefficient (Wildman–Crippen LogP) is 2.12. The fourth-order valence-electron chi connectivity index (χ4n) is 1.99. The van der Waals surface area contributed by atoms with Crippen molar-refractivity contribution in [2.24, 2.45) is 5.41 Å². The van der Waals surface area contributed by atoms with Crippen LogP contribution in [0.25, 0.3) is 0 Å². The van der Waals surface area contributed by atoms with Crippen molar-refractivity contribution in [2.45, 2.75) is 38.1 Å². The first-order valence-electron chi connectivity index (χ1n) is 6.01. The topological polar surface area (TPSA) is 89.3 Å². The van der Waals surface area contributed by atoms with E-state index in [0.29, 0.717) is 6.42 Å². The van der Waals surface area contributed by atoms with E-state index >= 15 is 0 Å². The third kappa shape index (κ3) is 2.66. The molecule has 8 heteroatoms. The molecule has 20 heavy (non-hydrogen) atoms. The normalized spacial score (nSPS) is 20.7. The molecule has 1 saturated carbocycles. The number of hydrogen-bond acceptors (Lipinski definition) is 4. The zero-order chi connectivity index (χ0) is 15.3. The molecule has 1 aliphatic carbocycles. The molecule has 0 heterocycles. The number of nitro benzene ring substituents is 1. The highest BCUT2D eigenvalue weighted by molar-refractivity contribution is 7.89. The maximum absolute atomic E-state index is 13.4. The summed E-state index contributed by atoms with van der Waals surface area (Å²) in [4.78, 5) is 9.51. The van der Waals surface area contributed by atoms with Crippen LogP contribution in [0.5, 0.6) is 0 Å². The standard InChI is InChI=1S/C12H15FN2O4S/c1-7-4-8(13)9(15(16)17)5-10(7)20(18,19)14-11-6-12(11,2)3/h4-5,11,14H,6H2,1-3H3. The molecule has 0 radical (unpaired) electrons. The van der Waals surface area contributed by atoms with E-state index in [1.54, 1.807) is 0 Å². The molecule has 1 unspecified atom stereocenters. The lowest BCUT2D eigenvalue weighted by Crippen LogP contribution is -2.29. The molecule has 0 amide bonds. The van der Waals surface area contributed by atoms with Crippen LogP contribution in [0, 0.1) is 28.3 Å². The summed E-state index contributed by atoms with van der Waals surface area (Å²) in [5.74, 6) is -1.04. The molecule has 110 valence electrons. The molecule has 0 saturated heterocycles. The van der Waals surface area contributed by atoms with Crippen LogP contribution >= 0.6 is 0 Å². The molecule has 1 aromatic carbocycles. The number of benzene rings is 1. The van der Waals surface area contributed by atoms with Gasteiger partial charge in [-0.2, -0.15) is 4.39 Å². The van der Waals surface area contributed by atoms with Gasteiger partial charge in [0.05, 0.1) is 9.82 Å². The Morgan fingerprint density at radius 1 is 1.45 bits per heavy atom. The van der Waals surface area contributed by atoms with Gasteiger partial charge in [0, 0.05) is 12.1 Å². The highest BCUT2D eigenvalue weighted by Gasteiger charge is 2.48. The second-order valence-corrected chi connectivity index (χ2v) is 7.38. The molecule has 6 nitrogen and oxygen atoms in total. The number of nitrogens with one attached hydrogen (secondary N) is 1. The second-order valence-electron chi connectivity index (χ2n) is 5.69. The van der Waals surface area contributed by atoms with Crippen molar-refractivity contribution in [3.63, 3.8) is 0 Å². The molecule has 1 aliphatic rings. The summed E-state index contributed by atoms with van der Waals surface area (Å²) in [7, 11) is -3.89. The van der Waals surface area contributed by atoms with Crippen molar-refractivity contribution in [3.8, 4) is 0 Å². The van der Waals surface area contributed by atoms with Gasteiger partial charge < -0.3 is 0 Å². The van der Waals surface area contributed by atoms with Gasteiger partial charge in [0.15, 0.2) is 0 Å². The number of halogens is 1. The first kappa shape index (κ1) is 14.9. The van der Waals surface area contributed by atoms with Gasteiger partial charge >= 0.3 is 5.69 Å². The van der Waals surface area contributed by atoms with Crippen LogP contribution in [-0.4, -0.2) is 19.4 Å². The van der Waals surface area contributed by atoms with Crippen molar-refractivity contribution < 1.29 is 17.7 Å². The van der Waals surface area contributed by atoms with Crippen LogP contribution < -0.4 is 4.72 Å². The zero-order valence-electron chi connectivity index (χ0n) is 11.3. The predicted molar refractivity (Wildman–Crippen MR) is 70.3 cm³/mol. The van der Waals surface area contributed by atoms with Gasteiger partial charge in [0.1, 0.15) is 0 Å². The van der Waals surface area contributed by atoms with Crippen LogP contribution in [0.1, 0.15) is 25.8 Å². The average molecular weight is 302 g/mol. The van der Waals surface area contributed by atoms with Crippen molar-refractivity contribution in [3.05, 3.63) is 33.6 Å². The zero-order valence-corrected chi connectivity index (χ0v) is 12.1. The van der Waals surface area contributed by atoms with Gasteiger partial charge in [0.2, 0.25) is 15.8 Å². The van der Waals surface area contributed by atoms with Gasteiger partial charge in [0.25, 0.3) is 0 Å². The van der Waals surface area contributed by atoms with E-state index in [2.05, 4.69) is 4.72 Å². The fourth-order valence-corrected chi connectivity index (χ4v) is 3.64. The molecule has 1 aromatic rings. The number of nitrogens with zero attached hydrogens (tertiary/aromatic N) is 1. The SMILES string of the molecule is Cc1cc(F)c([N+](=O)[O-])cc1S(=O)(=O)NC1CC1(C)C. The van der Waals surface area contributed by atoms with E-state index in [4.69, 9.17) is 0 Å². The summed E-state index contributed by atoms with van der Waals surface area (Å²) in [6.07, 6.45) is 0.703. The van der Waals surface area contributed by atoms with Gasteiger partial charge in [-0.3, -0.25) is 10.1 Å². The molecular formula is C12H15FN2O4S.